The van der Waals surface area contributed by atoms with Gasteiger partial charge in [-0.1, -0.05) is 23.7 Å². The molecule has 0 aromatic heterocycles. The van der Waals surface area contributed by atoms with Crippen molar-refractivity contribution in [2.75, 3.05) is 30.9 Å². The summed E-state index contributed by atoms with van der Waals surface area (Å²) in [5.41, 5.74) is 0.575. The second-order valence-electron chi connectivity index (χ2n) is 5.12. The number of rotatable bonds is 6. The number of amides is 1. The summed E-state index contributed by atoms with van der Waals surface area (Å²) < 4.78 is 37.4. The van der Waals surface area contributed by atoms with Gasteiger partial charge in [0.05, 0.1) is 23.1 Å². The molecule has 22 heavy (non-hydrogen) atoms. The molecular weight excluding hydrogens is 331 g/mol. The zero-order valence-corrected chi connectivity index (χ0v) is 13.8. The van der Waals surface area contributed by atoms with Crippen molar-refractivity contribution < 1.29 is 17.6 Å². The zero-order valence-electron chi connectivity index (χ0n) is 12.2. The molecule has 1 amide bonds. The fourth-order valence-electron chi connectivity index (χ4n) is 2.49. The molecule has 1 saturated heterocycles. The SMILES string of the molecule is CN([C@H]1CCN(c2ccccc2Cl)C1=O)S(=O)(=O)CCCF. The highest BCUT2D eigenvalue weighted by atomic mass is 35.5. The van der Waals surface area contributed by atoms with E-state index in [0.29, 0.717) is 23.7 Å². The van der Waals surface area contributed by atoms with E-state index in [2.05, 4.69) is 0 Å². The number of anilines is 1. The van der Waals surface area contributed by atoms with Crippen LogP contribution in [0, 0.1) is 0 Å². The summed E-state index contributed by atoms with van der Waals surface area (Å²) in [5, 5.41) is 0.444. The molecule has 5 nitrogen and oxygen atoms in total. The molecule has 0 N–H and O–H groups in total. The average Bonchev–Trinajstić information content (AvgIpc) is 2.86. The molecule has 0 aliphatic carbocycles. The topological polar surface area (TPSA) is 57.7 Å². The molecule has 0 unspecified atom stereocenters. The number of hydrogen-bond acceptors (Lipinski definition) is 3. The number of halogens is 2. The van der Waals surface area contributed by atoms with E-state index in [0.717, 1.165) is 4.31 Å². The molecule has 0 saturated carbocycles. The maximum absolute atomic E-state index is 12.5. The van der Waals surface area contributed by atoms with E-state index in [1.807, 2.05) is 0 Å². The van der Waals surface area contributed by atoms with Crippen molar-refractivity contribution in [3.8, 4) is 0 Å². The average molecular weight is 349 g/mol. The fraction of sp³-hybridized carbons (Fsp3) is 0.500. The maximum Gasteiger partial charge on any atom is 0.245 e. The van der Waals surface area contributed by atoms with Crippen molar-refractivity contribution in [3.63, 3.8) is 0 Å². The van der Waals surface area contributed by atoms with E-state index in [1.165, 1.54) is 11.9 Å². The van der Waals surface area contributed by atoms with Crippen molar-refractivity contribution in [2.24, 2.45) is 0 Å². The summed E-state index contributed by atoms with van der Waals surface area (Å²) in [6.07, 6.45) is 0.317. The van der Waals surface area contributed by atoms with Crippen LogP contribution in [0.15, 0.2) is 24.3 Å². The van der Waals surface area contributed by atoms with Gasteiger partial charge in [0.1, 0.15) is 6.04 Å². The largest absolute Gasteiger partial charge is 0.309 e. The van der Waals surface area contributed by atoms with E-state index in [9.17, 15) is 17.6 Å². The Labute approximate surface area is 134 Å². The second-order valence-corrected chi connectivity index (χ2v) is 7.68. The monoisotopic (exact) mass is 348 g/mol. The smallest absolute Gasteiger partial charge is 0.245 e. The number of nitrogens with zero attached hydrogens (tertiary/aromatic N) is 2. The van der Waals surface area contributed by atoms with Crippen LogP contribution >= 0.6 is 11.6 Å². The molecule has 1 heterocycles. The molecule has 8 heteroatoms. The summed E-state index contributed by atoms with van der Waals surface area (Å²) in [7, 11) is -2.27. The predicted molar refractivity (Wildman–Crippen MR) is 84.4 cm³/mol. The minimum Gasteiger partial charge on any atom is -0.309 e. The van der Waals surface area contributed by atoms with Crippen molar-refractivity contribution in [1.29, 1.82) is 0 Å². The second kappa shape index (κ2) is 6.93. The molecule has 1 aromatic rings. The highest BCUT2D eigenvalue weighted by molar-refractivity contribution is 7.89. The van der Waals surface area contributed by atoms with Gasteiger partial charge < -0.3 is 4.90 Å². The van der Waals surface area contributed by atoms with Gasteiger partial charge >= 0.3 is 0 Å². The molecule has 0 radical (unpaired) electrons. The maximum atomic E-state index is 12.5. The third kappa shape index (κ3) is 3.42. The van der Waals surface area contributed by atoms with Gasteiger partial charge in [-0.15, -0.1) is 0 Å². The van der Waals surface area contributed by atoms with E-state index in [-0.39, 0.29) is 18.1 Å². The van der Waals surface area contributed by atoms with Crippen LogP contribution in [0.4, 0.5) is 10.1 Å². The highest BCUT2D eigenvalue weighted by Gasteiger charge is 2.39. The van der Waals surface area contributed by atoms with Crippen molar-refractivity contribution in [1.82, 2.24) is 4.31 Å². The van der Waals surface area contributed by atoms with Gasteiger partial charge in [-0.25, -0.2) is 8.42 Å². The van der Waals surface area contributed by atoms with Crippen LogP contribution in [0.5, 0.6) is 0 Å². The van der Waals surface area contributed by atoms with E-state index < -0.39 is 22.7 Å². The summed E-state index contributed by atoms with van der Waals surface area (Å²) in [5.74, 6) is -0.602. The lowest BCUT2D eigenvalue weighted by Crippen LogP contribution is -2.43. The molecule has 1 aliphatic heterocycles. The van der Waals surface area contributed by atoms with Crippen LogP contribution in [-0.2, 0) is 14.8 Å². The molecule has 1 fully saturated rings. The number of likely N-dealkylation sites (N-methyl/N-ethyl adjacent to an activating group) is 1. The Morgan fingerprint density at radius 2 is 2.09 bits per heavy atom. The molecule has 122 valence electrons. The quantitative estimate of drug-likeness (QED) is 0.790. The van der Waals surface area contributed by atoms with Gasteiger partial charge in [0.25, 0.3) is 0 Å². The van der Waals surface area contributed by atoms with Crippen LogP contribution < -0.4 is 4.90 Å². The summed E-state index contributed by atoms with van der Waals surface area (Å²) in [6, 6.07) is 6.17. The fourth-order valence-corrected chi connectivity index (χ4v) is 4.07. The third-order valence-electron chi connectivity index (χ3n) is 3.73. The first-order valence-electron chi connectivity index (χ1n) is 6.96. The molecule has 1 aliphatic rings. The van der Waals surface area contributed by atoms with E-state index >= 15 is 0 Å². The number of sulfonamides is 1. The van der Waals surface area contributed by atoms with Gasteiger partial charge in [-0.3, -0.25) is 9.18 Å². The highest BCUT2D eigenvalue weighted by Crippen LogP contribution is 2.30. The Hall–Kier alpha value is -1.18. The van der Waals surface area contributed by atoms with E-state index in [4.69, 9.17) is 11.6 Å². The van der Waals surface area contributed by atoms with Crippen molar-refractivity contribution in [3.05, 3.63) is 29.3 Å². The number of carbonyl (C=O) groups is 1. The Morgan fingerprint density at radius 1 is 1.41 bits per heavy atom. The molecular formula is C14H18ClFN2O3S. The first-order chi connectivity index (χ1) is 10.4. The lowest BCUT2D eigenvalue weighted by molar-refractivity contribution is -0.120. The number of hydrogen-bond donors (Lipinski definition) is 0. The van der Waals surface area contributed by atoms with Gasteiger partial charge in [-0.2, -0.15) is 4.31 Å². The first kappa shape index (κ1) is 17.2. The van der Waals surface area contributed by atoms with Crippen LogP contribution in [0.1, 0.15) is 12.8 Å². The molecule has 0 spiro atoms. The number of carbonyl (C=O) groups excluding carboxylic acids is 1. The Kier molecular flexibility index (Phi) is 5.41. The Bertz CT molecular complexity index is 653. The van der Waals surface area contributed by atoms with Crippen LogP contribution in [0.2, 0.25) is 5.02 Å². The molecule has 1 atom stereocenters. The minimum absolute atomic E-state index is 0.0676. The van der Waals surface area contributed by atoms with Crippen molar-refractivity contribution >= 4 is 33.2 Å². The number of para-hydroxylation sites is 1. The lowest BCUT2D eigenvalue weighted by Gasteiger charge is -2.23. The molecule has 1 aromatic carbocycles. The summed E-state index contributed by atoms with van der Waals surface area (Å²) >= 11 is 6.09. The third-order valence-corrected chi connectivity index (χ3v) is 5.99. The predicted octanol–water partition coefficient (Wildman–Crippen LogP) is 2.07. The summed E-state index contributed by atoms with van der Waals surface area (Å²) in [6.45, 7) is -0.298. The first-order valence-corrected chi connectivity index (χ1v) is 8.95. The lowest BCUT2D eigenvalue weighted by atomic mass is 10.2. The number of alkyl halides is 1. The normalized spacial score (nSPS) is 19.2. The number of benzene rings is 1. The summed E-state index contributed by atoms with van der Waals surface area (Å²) in [4.78, 5) is 14.0. The van der Waals surface area contributed by atoms with Gasteiger partial charge in [-0.05, 0) is 25.0 Å². The standard InChI is InChI=1S/C14H18ClFN2O3S/c1-17(22(20,21)10-4-8-16)13-7-9-18(14(13)19)12-6-3-2-5-11(12)15/h2-3,5-6,13H,4,7-10H2,1H3/t13-/m0/s1. The van der Waals surface area contributed by atoms with Crippen LogP contribution in [0.3, 0.4) is 0 Å². The van der Waals surface area contributed by atoms with Crippen LogP contribution in [0.25, 0.3) is 0 Å². The van der Waals surface area contributed by atoms with Crippen LogP contribution in [-0.4, -0.2) is 50.7 Å². The Balaban J connectivity index is 2.16. The van der Waals surface area contributed by atoms with Gasteiger partial charge in [0.15, 0.2) is 0 Å². The van der Waals surface area contributed by atoms with Gasteiger partial charge in [0, 0.05) is 13.6 Å². The Morgan fingerprint density at radius 3 is 2.73 bits per heavy atom. The zero-order chi connectivity index (χ0) is 16.3. The van der Waals surface area contributed by atoms with Crippen molar-refractivity contribution in [2.45, 2.75) is 18.9 Å². The minimum atomic E-state index is -3.64. The van der Waals surface area contributed by atoms with E-state index in [1.54, 1.807) is 24.3 Å². The molecule has 2 rings (SSSR count). The molecule has 0 bridgehead atoms. The van der Waals surface area contributed by atoms with Gasteiger partial charge in [0.2, 0.25) is 15.9 Å².